The van der Waals surface area contributed by atoms with Crippen molar-refractivity contribution in [2.24, 2.45) is 50.2 Å². The maximum Gasteiger partial charge on any atom is 0.335 e. The van der Waals surface area contributed by atoms with Crippen LogP contribution in [0.3, 0.4) is 0 Å². The fraction of sp³-hybridized carbons (Fsp3) is 0.881. The number of carbonyl (C=O) groups excluding carboxylic acids is 1. The fourth-order valence-electron chi connectivity index (χ4n) is 13.5. The summed E-state index contributed by atoms with van der Waals surface area (Å²) in [6, 6.07) is 0. The average molecular weight is 825 g/mol. The number of allylic oxidation sites excluding steroid dienone is 2. The van der Waals surface area contributed by atoms with Crippen LogP contribution in [0.15, 0.2) is 11.6 Å². The van der Waals surface area contributed by atoms with Gasteiger partial charge in [-0.05, 0) is 96.4 Å². The van der Waals surface area contributed by atoms with Crippen LogP contribution in [0, 0.1) is 50.2 Å². The zero-order valence-corrected chi connectivity index (χ0v) is 34.5. The number of aliphatic hydroxyl groups is 7. The van der Waals surface area contributed by atoms with Crippen LogP contribution in [0.25, 0.3) is 0 Å². The van der Waals surface area contributed by atoms with Gasteiger partial charge in [-0.15, -0.1) is 0 Å². The van der Waals surface area contributed by atoms with E-state index in [0.29, 0.717) is 25.7 Å². The van der Waals surface area contributed by atoms with Crippen LogP contribution in [0.1, 0.15) is 99.8 Å². The summed E-state index contributed by atoms with van der Waals surface area (Å²) in [5, 5.41) is 94.7. The highest BCUT2D eigenvalue weighted by atomic mass is 16.8. The molecule has 0 radical (unpaired) electrons. The Hall–Kier alpha value is -2.09. The van der Waals surface area contributed by atoms with Crippen molar-refractivity contribution in [3.8, 4) is 0 Å². The smallest absolute Gasteiger partial charge is 0.335 e. The Kier molecular flexibility index (Phi) is 11.0. The first-order chi connectivity index (χ1) is 26.8. The summed E-state index contributed by atoms with van der Waals surface area (Å²) in [4.78, 5) is 38.8. The van der Waals surface area contributed by atoms with Gasteiger partial charge in [0.05, 0.1) is 12.2 Å². The van der Waals surface area contributed by atoms with Crippen molar-refractivity contribution >= 4 is 17.7 Å². The minimum atomic E-state index is -2.05. The van der Waals surface area contributed by atoms with Gasteiger partial charge in [-0.1, -0.05) is 54.0 Å². The molecule has 328 valence electrons. The van der Waals surface area contributed by atoms with Gasteiger partial charge in [0.25, 0.3) is 0 Å². The molecule has 0 spiro atoms. The van der Waals surface area contributed by atoms with Crippen molar-refractivity contribution in [1.29, 1.82) is 0 Å². The lowest BCUT2D eigenvalue weighted by atomic mass is 9.33. The molecule has 58 heavy (non-hydrogen) atoms. The first-order valence-electron chi connectivity index (χ1n) is 20.8. The van der Waals surface area contributed by atoms with E-state index < -0.39 is 113 Å². The minimum Gasteiger partial charge on any atom is -0.479 e. The largest absolute Gasteiger partial charge is 0.479 e. The van der Waals surface area contributed by atoms with Crippen molar-refractivity contribution in [3.63, 3.8) is 0 Å². The topological polar surface area (TPSA) is 270 Å². The lowest BCUT2D eigenvalue weighted by Crippen LogP contribution is -2.68. The van der Waals surface area contributed by atoms with E-state index in [2.05, 4.69) is 27.7 Å². The molecule has 0 amide bonds. The predicted molar refractivity (Wildman–Crippen MR) is 200 cm³/mol. The second kappa shape index (κ2) is 14.5. The summed E-state index contributed by atoms with van der Waals surface area (Å²) in [5.41, 5.74) is -1.73. The maximum absolute atomic E-state index is 14.9. The number of hydrogen-bond acceptors (Lipinski definition) is 14. The maximum atomic E-state index is 14.9. The van der Waals surface area contributed by atoms with E-state index >= 15 is 0 Å². The quantitative estimate of drug-likeness (QED) is 0.163. The number of aliphatic carboxylic acids is 2. The van der Waals surface area contributed by atoms with Crippen LogP contribution in [-0.4, -0.2) is 144 Å². The van der Waals surface area contributed by atoms with Gasteiger partial charge in [-0.25, -0.2) is 9.59 Å². The van der Waals surface area contributed by atoms with E-state index in [9.17, 15) is 60.3 Å². The summed E-state index contributed by atoms with van der Waals surface area (Å²) in [6.45, 7) is 14.9. The van der Waals surface area contributed by atoms with Gasteiger partial charge in [0.15, 0.2) is 30.6 Å². The third kappa shape index (κ3) is 6.29. The van der Waals surface area contributed by atoms with Gasteiger partial charge in [0, 0.05) is 17.9 Å². The standard InChI is InChI=1S/C42H64O16/c1-37(2)21-8-11-42(7)32(20(44)14-18-19-15-38(3,17-43)16-22(45)39(19,4)12-13-41(18,42)6)40(21,5)10-9-23(37)55-36-31(27(49)26(48)30(57-36)34(53)54)58-35-28(50)24(46)25(47)29(56-35)33(51)52/h14,19,21-32,35-36,43,45-50H,8-13,15-17H2,1-7H3,(H,51,52)(H,53,54)/t19-,21-,22-,23+,24-,25-,26-,27-,28+,29-,30-,31+,32+,35-,36+,38-,39+,40-,41+,42+/m0/s1. The zero-order chi connectivity index (χ0) is 42.9. The number of carboxylic acid groups (broad SMARTS) is 2. The van der Waals surface area contributed by atoms with Gasteiger partial charge in [0.1, 0.15) is 36.6 Å². The van der Waals surface area contributed by atoms with E-state index in [4.69, 9.17) is 18.9 Å². The van der Waals surface area contributed by atoms with Crippen LogP contribution in [0.4, 0.5) is 0 Å². The zero-order valence-electron chi connectivity index (χ0n) is 34.5. The van der Waals surface area contributed by atoms with E-state index in [1.165, 1.54) is 0 Å². The molecule has 2 heterocycles. The molecule has 2 saturated heterocycles. The van der Waals surface area contributed by atoms with Crippen LogP contribution >= 0.6 is 0 Å². The van der Waals surface area contributed by atoms with E-state index in [1.54, 1.807) is 0 Å². The Morgan fingerprint density at radius 1 is 0.724 bits per heavy atom. The molecule has 6 fully saturated rings. The highest BCUT2D eigenvalue weighted by Crippen LogP contribution is 2.75. The number of aliphatic hydroxyl groups excluding tert-OH is 7. The number of ether oxygens (including phenoxy) is 4. The van der Waals surface area contributed by atoms with Crippen molar-refractivity contribution in [2.45, 2.75) is 173 Å². The molecular formula is C42H64O16. The van der Waals surface area contributed by atoms with Gasteiger partial charge < -0.3 is 64.9 Å². The molecule has 5 aliphatic carbocycles. The lowest BCUT2D eigenvalue weighted by molar-refractivity contribution is -0.371. The minimum absolute atomic E-state index is 0.0451. The Balaban J connectivity index is 1.18. The highest BCUT2D eigenvalue weighted by Gasteiger charge is 2.71. The highest BCUT2D eigenvalue weighted by molar-refractivity contribution is 5.95. The molecule has 7 rings (SSSR count). The Morgan fingerprint density at radius 3 is 1.93 bits per heavy atom. The van der Waals surface area contributed by atoms with Gasteiger partial charge >= 0.3 is 11.9 Å². The molecule has 0 aromatic carbocycles. The van der Waals surface area contributed by atoms with Crippen LogP contribution in [0.5, 0.6) is 0 Å². The fourth-order valence-corrected chi connectivity index (χ4v) is 13.5. The number of rotatable bonds is 7. The SMILES string of the molecule is CC1(C)[C@H](O[C@@H]2O[C@H](C(=O)O)[C@@H](O)[C@H](O)[C@H]2O[C@@H]2O[C@H](C(=O)O)[C@@H](O)[C@H](O)[C@H]2O)CC[C@]2(C)[C@H]3C(=O)C=C4[C@@H]5C[C@](C)(CO)C[C@H](O)[C@]5(C)CC[C@@]4(C)[C@]3(C)CC[C@@H]12. The summed E-state index contributed by atoms with van der Waals surface area (Å²) >= 11 is 0. The van der Waals surface area contributed by atoms with Crippen LogP contribution < -0.4 is 0 Å². The van der Waals surface area contributed by atoms with E-state index in [1.807, 2.05) is 26.8 Å². The monoisotopic (exact) mass is 824 g/mol. The number of fused-ring (bicyclic) bond motifs is 7. The third-order valence-electron chi connectivity index (χ3n) is 17.3. The molecular weight excluding hydrogens is 760 g/mol. The first kappa shape index (κ1) is 44.0. The molecule has 0 aromatic rings. The molecule has 9 N–H and O–H groups in total. The molecule has 0 unspecified atom stereocenters. The average Bonchev–Trinajstić information content (AvgIpc) is 3.13. The third-order valence-corrected chi connectivity index (χ3v) is 17.3. The van der Waals surface area contributed by atoms with Crippen LogP contribution in [-0.2, 0) is 33.3 Å². The Morgan fingerprint density at radius 2 is 1.33 bits per heavy atom. The molecule has 16 heteroatoms. The van der Waals surface area contributed by atoms with Crippen molar-refractivity contribution < 1.29 is 79.3 Å². The number of ketones is 1. The molecule has 4 saturated carbocycles. The molecule has 16 nitrogen and oxygen atoms in total. The van der Waals surface area contributed by atoms with Gasteiger partial charge in [-0.2, -0.15) is 0 Å². The predicted octanol–water partition coefficient (Wildman–Crippen LogP) is 1.12. The van der Waals surface area contributed by atoms with Crippen molar-refractivity contribution in [1.82, 2.24) is 0 Å². The molecule has 20 atom stereocenters. The molecule has 0 aromatic heterocycles. The van der Waals surface area contributed by atoms with Crippen LogP contribution in [0.2, 0.25) is 0 Å². The summed E-state index contributed by atoms with van der Waals surface area (Å²) in [6.07, 6.45) is -13.7. The Labute approximate surface area is 338 Å². The van der Waals surface area contributed by atoms with Gasteiger partial charge in [0.2, 0.25) is 0 Å². The normalized spacial score (nSPS) is 53.9. The molecule has 2 aliphatic heterocycles. The second-order valence-corrected chi connectivity index (χ2v) is 20.8. The first-order valence-corrected chi connectivity index (χ1v) is 20.8. The summed E-state index contributed by atoms with van der Waals surface area (Å²) < 4.78 is 23.4. The number of carboxylic acids is 2. The summed E-state index contributed by atoms with van der Waals surface area (Å²) in [7, 11) is 0. The Bertz CT molecular complexity index is 1680. The number of carbonyl (C=O) groups is 3. The van der Waals surface area contributed by atoms with Gasteiger partial charge in [-0.3, -0.25) is 4.79 Å². The van der Waals surface area contributed by atoms with E-state index in [0.717, 1.165) is 31.3 Å². The molecule has 0 bridgehead atoms. The number of hydrogen-bond donors (Lipinski definition) is 9. The van der Waals surface area contributed by atoms with E-state index in [-0.39, 0.29) is 35.6 Å². The summed E-state index contributed by atoms with van der Waals surface area (Å²) in [5.74, 6) is -3.69. The van der Waals surface area contributed by atoms with Crippen molar-refractivity contribution in [2.75, 3.05) is 6.61 Å². The lowest BCUT2D eigenvalue weighted by Gasteiger charge is -2.71. The second-order valence-electron chi connectivity index (χ2n) is 20.8. The van der Waals surface area contributed by atoms with Crippen molar-refractivity contribution in [3.05, 3.63) is 11.6 Å². The molecule has 7 aliphatic rings.